The Balaban J connectivity index is 0.00000341. The number of methoxy groups -OCH3 is 1. The summed E-state index contributed by atoms with van der Waals surface area (Å²) in [6, 6.07) is 9.95. The van der Waals surface area contributed by atoms with Crippen molar-refractivity contribution in [1.29, 1.82) is 0 Å². The van der Waals surface area contributed by atoms with E-state index in [0.717, 1.165) is 23.4 Å². The molecule has 0 fully saturated rings. The summed E-state index contributed by atoms with van der Waals surface area (Å²) < 4.78 is 45.5. The Morgan fingerprint density at radius 2 is 1.84 bits per heavy atom. The van der Waals surface area contributed by atoms with Crippen LogP contribution in [0.15, 0.2) is 42.5 Å². The van der Waals surface area contributed by atoms with Gasteiger partial charge >= 0.3 is 6.18 Å². The van der Waals surface area contributed by atoms with Gasteiger partial charge < -0.3 is 9.64 Å². The van der Waals surface area contributed by atoms with Crippen LogP contribution < -0.4 is 9.64 Å². The molecule has 0 atom stereocenters. The van der Waals surface area contributed by atoms with E-state index in [9.17, 15) is 18.0 Å². The molecule has 1 heterocycles. The molecule has 3 rings (SSSR count). The highest BCUT2D eigenvalue weighted by Gasteiger charge is 2.32. The molecule has 0 aliphatic carbocycles. The number of nitrogens with zero attached hydrogens (tertiary/aromatic N) is 3. The Bertz CT molecular complexity index is 1040. The SMILES string of the molecule is COc1cccc2sc(N(CCCN(C)C)C(=O)c3cccc(C(F)(F)F)c3)nc12.Cl. The highest BCUT2D eigenvalue weighted by molar-refractivity contribution is 7.22. The third-order valence-electron chi connectivity index (χ3n) is 4.49. The molecule has 0 aliphatic rings. The van der Waals surface area contributed by atoms with E-state index < -0.39 is 17.6 Å². The third kappa shape index (κ3) is 5.87. The summed E-state index contributed by atoms with van der Waals surface area (Å²) in [4.78, 5) is 21.2. The maximum Gasteiger partial charge on any atom is 0.416 e. The molecule has 31 heavy (non-hydrogen) atoms. The summed E-state index contributed by atoms with van der Waals surface area (Å²) in [5, 5.41) is 0.427. The number of benzene rings is 2. The van der Waals surface area contributed by atoms with Gasteiger partial charge in [-0.25, -0.2) is 4.98 Å². The lowest BCUT2D eigenvalue weighted by Crippen LogP contribution is -2.33. The van der Waals surface area contributed by atoms with Crippen molar-refractivity contribution >= 4 is 45.0 Å². The lowest BCUT2D eigenvalue weighted by Gasteiger charge is -2.21. The van der Waals surface area contributed by atoms with E-state index in [0.29, 0.717) is 29.4 Å². The van der Waals surface area contributed by atoms with Crippen LogP contribution in [0, 0.1) is 0 Å². The number of hydrogen-bond acceptors (Lipinski definition) is 5. The molecule has 0 saturated heterocycles. The van der Waals surface area contributed by atoms with Gasteiger partial charge in [-0.3, -0.25) is 9.69 Å². The highest BCUT2D eigenvalue weighted by atomic mass is 35.5. The average molecular weight is 474 g/mol. The minimum Gasteiger partial charge on any atom is -0.494 e. The molecule has 1 amide bonds. The van der Waals surface area contributed by atoms with Gasteiger partial charge in [0.15, 0.2) is 5.13 Å². The maximum absolute atomic E-state index is 13.2. The molecule has 168 valence electrons. The number of amides is 1. The van der Waals surface area contributed by atoms with Crippen molar-refractivity contribution in [2.75, 3.05) is 39.2 Å². The predicted molar refractivity (Wildman–Crippen MR) is 120 cm³/mol. The Labute approximate surface area is 188 Å². The van der Waals surface area contributed by atoms with Crippen LogP contribution in [-0.2, 0) is 6.18 Å². The van der Waals surface area contributed by atoms with Gasteiger partial charge in [-0.1, -0.05) is 23.5 Å². The zero-order valence-electron chi connectivity index (χ0n) is 17.3. The van der Waals surface area contributed by atoms with Crippen LogP contribution in [-0.4, -0.2) is 50.1 Å². The molecule has 0 unspecified atom stereocenters. The van der Waals surface area contributed by atoms with Crippen molar-refractivity contribution in [3.05, 3.63) is 53.6 Å². The van der Waals surface area contributed by atoms with Crippen molar-refractivity contribution in [3.63, 3.8) is 0 Å². The minimum atomic E-state index is -4.52. The smallest absolute Gasteiger partial charge is 0.416 e. The number of anilines is 1. The number of thiazole rings is 1. The van der Waals surface area contributed by atoms with Gasteiger partial charge in [0.2, 0.25) is 0 Å². The zero-order chi connectivity index (χ0) is 21.9. The number of alkyl halides is 3. The molecule has 2 aromatic carbocycles. The third-order valence-corrected chi connectivity index (χ3v) is 5.53. The topological polar surface area (TPSA) is 45.7 Å². The number of hydrogen-bond donors (Lipinski definition) is 0. The first-order valence-corrected chi connectivity index (χ1v) is 10.1. The molecule has 0 aliphatic heterocycles. The molecule has 0 bridgehead atoms. The minimum absolute atomic E-state index is 0. The van der Waals surface area contributed by atoms with Gasteiger partial charge in [0.05, 0.1) is 17.4 Å². The van der Waals surface area contributed by atoms with Gasteiger partial charge in [0.1, 0.15) is 11.3 Å². The number of ether oxygens (including phenoxy) is 1. The Hall–Kier alpha value is -2.36. The van der Waals surface area contributed by atoms with E-state index in [1.807, 2.05) is 31.1 Å². The monoisotopic (exact) mass is 473 g/mol. The number of carbonyl (C=O) groups is 1. The standard InChI is InChI=1S/C21H22F3N3O2S.ClH/c1-26(2)11-6-12-27(19(28)14-7-4-8-15(13-14)21(22,23)24)20-25-18-16(29-3)9-5-10-17(18)30-20;/h4-5,7-10,13H,6,11-12H2,1-3H3;1H. The van der Waals surface area contributed by atoms with E-state index in [1.54, 1.807) is 6.07 Å². The molecule has 1 aromatic heterocycles. The number of fused-ring (bicyclic) bond motifs is 1. The second-order valence-electron chi connectivity index (χ2n) is 7.00. The second kappa shape index (κ2) is 10.3. The molecular weight excluding hydrogens is 451 g/mol. The van der Waals surface area contributed by atoms with Gasteiger partial charge in [-0.2, -0.15) is 13.2 Å². The lowest BCUT2D eigenvalue weighted by atomic mass is 10.1. The molecule has 10 heteroatoms. The molecule has 5 nitrogen and oxygen atoms in total. The molecule has 0 N–H and O–H groups in total. The molecular formula is C21H23ClF3N3O2S. The fourth-order valence-electron chi connectivity index (χ4n) is 3.01. The summed E-state index contributed by atoms with van der Waals surface area (Å²) in [6.07, 6.45) is -3.87. The number of aromatic nitrogens is 1. The second-order valence-corrected chi connectivity index (χ2v) is 8.00. The Morgan fingerprint density at radius 1 is 1.13 bits per heavy atom. The van der Waals surface area contributed by atoms with Crippen molar-refractivity contribution in [2.24, 2.45) is 0 Å². The predicted octanol–water partition coefficient (Wildman–Crippen LogP) is 5.34. The molecule has 3 aromatic rings. The van der Waals surface area contributed by atoms with E-state index in [-0.39, 0.29) is 18.0 Å². The van der Waals surface area contributed by atoms with Gasteiger partial charge in [-0.05, 0) is 57.4 Å². The van der Waals surface area contributed by atoms with E-state index in [1.165, 1.54) is 35.5 Å². The van der Waals surface area contributed by atoms with Crippen molar-refractivity contribution in [1.82, 2.24) is 9.88 Å². The van der Waals surface area contributed by atoms with Gasteiger partial charge in [0.25, 0.3) is 5.91 Å². The summed E-state index contributed by atoms with van der Waals surface area (Å²) in [5.74, 6) is 0.0626. The first-order chi connectivity index (χ1) is 14.2. The Kier molecular flexibility index (Phi) is 8.27. The van der Waals surface area contributed by atoms with Crippen LogP contribution >= 0.6 is 23.7 Å². The number of para-hydroxylation sites is 1. The molecule has 0 spiro atoms. The Morgan fingerprint density at radius 3 is 2.48 bits per heavy atom. The van der Waals surface area contributed by atoms with E-state index >= 15 is 0 Å². The van der Waals surface area contributed by atoms with Gasteiger partial charge in [0, 0.05) is 12.1 Å². The fourth-order valence-corrected chi connectivity index (χ4v) is 4.01. The van der Waals surface area contributed by atoms with Crippen molar-refractivity contribution in [3.8, 4) is 5.75 Å². The lowest BCUT2D eigenvalue weighted by molar-refractivity contribution is -0.137. The van der Waals surface area contributed by atoms with Crippen LogP contribution in [0.5, 0.6) is 5.75 Å². The number of halogens is 4. The van der Waals surface area contributed by atoms with E-state index in [2.05, 4.69) is 4.98 Å². The first kappa shape index (κ1) is 24.9. The number of rotatable bonds is 7. The quantitative estimate of drug-likeness (QED) is 0.464. The van der Waals surface area contributed by atoms with Gasteiger partial charge in [-0.15, -0.1) is 12.4 Å². The zero-order valence-corrected chi connectivity index (χ0v) is 18.9. The van der Waals surface area contributed by atoms with Crippen LogP contribution in [0.25, 0.3) is 10.2 Å². The summed E-state index contributed by atoms with van der Waals surface area (Å²) >= 11 is 1.30. The summed E-state index contributed by atoms with van der Waals surface area (Å²) in [5.41, 5.74) is -0.261. The van der Waals surface area contributed by atoms with Crippen LogP contribution in [0.1, 0.15) is 22.3 Å². The molecule has 0 radical (unpaired) electrons. The average Bonchev–Trinajstić information content (AvgIpc) is 3.14. The normalized spacial score (nSPS) is 11.5. The molecule has 0 saturated carbocycles. The fraction of sp³-hybridized carbons (Fsp3) is 0.333. The van der Waals surface area contributed by atoms with E-state index in [4.69, 9.17) is 4.74 Å². The first-order valence-electron chi connectivity index (χ1n) is 9.28. The van der Waals surface area contributed by atoms with Crippen LogP contribution in [0.2, 0.25) is 0 Å². The number of carbonyl (C=O) groups excluding carboxylic acids is 1. The largest absolute Gasteiger partial charge is 0.494 e. The van der Waals surface area contributed by atoms with Crippen molar-refractivity contribution in [2.45, 2.75) is 12.6 Å². The maximum atomic E-state index is 13.2. The summed E-state index contributed by atoms with van der Waals surface area (Å²) in [6.45, 7) is 1.05. The van der Waals surface area contributed by atoms with Crippen LogP contribution in [0.3, 0.4) is 0 Å². The van der Waals surface area contributed by atoms with Crippen molar-refractivity contribution < 1.29 is 22.7 Å². The summed E-state index contributed by atoms with van der Waals surface area (Å²) in [7, 11) is 5.37. The van der Waals surface area contributed by atoms with Crippen LogP contribution in [0.4, 0.5) is 18.3 Å². The highest BCUT2D eigenvalue weighted by Crippen LogP contribution is 2.35.